The summed E-state index contributed by atoms with van der Waals surface area (Å²) >= 11 is 0. The summed E-state index contributed by atoms with van der Waals surface area (Å²) in [6, 6.07) is 11.2. The second-order valence-corrected chi connectivity index (χ2v) is 6.22. The number of hydrogen-bond donors (Lipinski definition) is 1. The van der Waals surface area contributed by atoms with E-state index in [0.717, 1.165) is 19.7 Å². The monoisotopic (exact) mass is 302 g/mol. The molecule has 3 heteroatoms. The maximum atomic E-state index is 5.31. The number of likely N-dealkylation sites (tertiary alicyclic amines) is 1. The Morgan fingerprint density at radius 3 is 2.95 bits per heavy atom. The van der Waals surface area contributed by atoms with Crippen molar-refractivity contribution in [2.24, 2.45) is 0 Å². The van der Waals surface area contributed by atoms with Gasteiger partial charge in [-0.25, -0.2) is 0 Å². The smallest absolute Gasteiger partial charge is 0.0618 e. The molecule has 2 rings (SSSR count). The zero-order chi connectivity index (χ0) is 15.6. The van der Waals surface area contributed by atoms with Gasteiger partial charge >= 0.3 is 0 Å². The van der Waals surface area contributed by atoms with Gasteiger partial charge in [-0.15, -0.1) is 0 Å². The summed E-state index contributed by atoms with van der Waals surface area (Å²) in [5.74, 6) is 0. The molecule has 22 heavy (non-hydrogen) atoms. The van der Waals surface area contributed by atoms with Crippen LogP contribution in [0.1, 0.15) is 31.7 Å². The van der Waals surface area contributed by atoms with Crippen LogP contribution in [0.5, 0.6) is 0 Å². The van der Waals surface area contributed by atoms with Crippen molar-refractivity contribution in [3.8, 4) is 0 Å². The highest BCUT2D eigenvalue weighted by Gasteiger charge is 2.23. The molecule has 0 aliphatic carbocycles. The van der Waals surface area contributed by atoms with Crippen LogP contribution < -0.4 is 5.32 Å². The van der Waals surface area contributed by atoms with Crippen molar-refractivity contribution in [3.05, 3.63) is 41.5 Å². The minimum atomic E-state index is 0.643. The van der Waals surface area contributed by atoms with E-state index < -0.39 is 0 Å². The van der Waals surface area contributed by atoms with Gasteiger partial charge in [0, 0.05) is 19.7 Å². The van der Waals surface area contributed by atoms with Crippen LogP contribution in [0, 0.1) is 0 Å². The maximum Gasteiger partial charge on any atom is 0.0618 e. The largest absolute Gasteiger partial charge is 0.383 e. The summed E-state index contributed by atoms with van der Waals surface area (Å²) < 4.78 is 5.31. The standard InChI is InChI=1S/C19H30N2O/c1-17(14-18-8-4-3-5-9-18)15-20-11-7-13-21-12-6-10-19(21)16-22-2/h3-5,8-9,14,19-20H,6-7,10-13,15-16H2,1-2H3/b17-14+/t19-/m0/s1. The lowest BCUT2D eigenvalue weighted by molar-refractivity contribution is 0.115. The molecule has 1 aliphatic heterocycles. The molecule has 1 saturated heterocycles. The number of hydrogen-bond acceptors (Lipinski definition) is 3. The SMILES string of the molecule is COC[C@@H]1CCCN1CCCNC/C(C)=C/c1ccccc1. The van der Waals surface area contributed by atoms with Crippen LogP contribution in [-0.2, 0) is 4.74 Å². The molecule has 122 valence electrons. The number of methoxy groups -OCH3 is 1. The van der Waals surface area contributed by atoms with Crippen LogP contribution in [0.3, 0.4) is 0 Å². The van der Waals surface area contributed by atoms with Gasteiger partial charge in [-0.1, -0.05) is 42.0 Å². The lowest BCUT2D eigenvalue weighted by Gasteiger charge is -2.23. The Labute approximate surface area is 135 Å². The summed E-state index contributed by atoms with van der Waals surface area (Å²) in [6.07, 6.45) is 6.07. The topological polar surface area (TPSA) is 24.5 Å². The fraction of sp³-hybridized carbons (Fsp3) is 0.579. The molecule has 0 radical (unpaired) electrons. The van der Waals surface area contributed by atoms with Crippen molar-refractivity contribution in [2.75, 3.05) is 39.9 Å². The Balaban J connectivity index is 1.60. The highest BCUT2D eigenvalue weighted by atomic mass is 16.5. The number of rotatable bonds is 9. The van der Waals surface area contributed by atoms with Crippen LogP contribution in [0.15, 0.2) is 35.9 Å². The van der Waals surface area contributed by atoms with Crippen molar-refractivity contribution in [3.63, 3.8) is 0 Å². The molecule has 0 spiro atoms. The Hall–Kier alpha value is -1.16. The summed E-state index contributed by atoms with van der Waals surface area (Å²) in [5, 5.41) is 3.55. The van der Waals surface area contributed by atoms with Gasteiger partial charge in [0.05, 0.1) is 6.61 Å². The van der Waals surface area contributed by atoms with Crippen LogP contribution >= 0.6 is 0 Å². The summed E-state index contributed by atoms with van der Waals surface area (Å²) in [5.41, 5.74) is 2.66. The zero-order valence-corrected chi connectivity index (χ0v) is 14.1. The molecule has 1 aliphatic rings. The molecular formula is C19H30N2O. The van der Waals surface area contributed by atoms with E-state index in [1.807, 2.05) is 0 Å². The average Bonchev–Trinajstić information content (AvgIpc) is 2.96. The first-order chi connectivity index (χ1) is 10.8. The second-order valence-electron chi connectivity index (χ2n) is 6.22. The van der Waals surface area contributed by atoms with E-state index in [-0.39, 0.29) is 0 Å². The molecule has 0 saturated carbocycles. The minimum absolute atomic E-state index is 0.643. The molecule has 1 fully saturated rings. The predicted octanol–water partition coefficient (Wildman–Crippen LogP) is 3.18. The van der Waals surface area contributed by atoms with Crippen molar-refractivity contribution in [1.82, 2.24) is 10.2 Å². The van der Waals surface area contributed by atoms with Crippen LogP contribution in [0.2, 0.25) is 0 Å². The van der Waals surface area contributed by atoms with Gasteiger partial charge in [0.15, 0.2) is 0 Å². The lowest BCUT2D eigenvalue weighted by Crippen LogP contribution is -2.35. The van der Waals surface area contributed by atoms with E-state index in [2.05, 4.69) is 53.5 Å². The van der Waals surface area contributed by atoms with Gasteiger partial charge in [-0.05, 0) is 51.4 Å². The van der Waals surface area contributed by atoms with E-state index in [1.54, 1.807) is 7.11 Å². The van der Waals surface area contributed by atoms with Crippen molar-refractivity contribution < 1.29 is 4.74 Å². The molecule has 1 aromatic rings. The Bertz CT molecular complexity index is 444. The highest BCUT2D eigenvalue weighted by Crippen LogP contribution is 2.17. The molecule has 1 aromatic carbocycles. The van der Waals surface area contributed by atoms with Crippen LogP contribution in [0.4, 0.5) is 0 Å². The van der Waals surface area contributed by atoms with E-state index in [4.69, 9.17) is 4.74 Å². The molecule has 1 atom stereocenters. The maximum absolute atomic E-state index is 5.31. The summed E-state index contributed by atoms with van der Waals surface area (Å²) in [7, 11) is 1.81. The third-order valence-corrected chi connectivity index (χ3v) is 4.27. The van der Waals surface area contributed by atoms with Gasteiger partial charge in [-0.3, -0.25) is 4.90 Å². The van der Waals surface area contributed by atoms with E-state index in [9.17, 15) is 0 Å². The lowest BCUT2D eigenvalue weighted by atomic mass is 10.1. The third-order valence-electron chi connectivity index (χ3n) is 4.27. The second kappa shape index (κ2) is 9.78. The molecule has 1 heterocycles. The number of nitrogens with zero attached hydrogens (tertiary/aromatic N) is 1. The average molecular weight is 302 g/mol. The molecule has 1 N–H and O–H groups in total. The number of benzene rings is 1. The molecule has 0 aromatic heterocycles. The predicted molar refractivity (Wildman–Crippen MR) is 94.1 cm³/mol. The Morgan fingerprint density at radius 2 is 2.18 bits per heavy atom. The van der Waals surface area contributed by atoms with Crippen molar-refractivity contribution >= 4 is 6.08 Å². The zero-order valence-electron chi connectivity index (χ0n) is 14.1. The van der Waals surface area contributed by atoms with Crippen LogP contribution in [0.25, 0.3) is 6.08 Å². The van der Waals surface area contributed by atoms with E-state index >= 15 is 0 Å². The minimum Gasteiger partial charge on any atom is -0.383 e. The molecule has 3 nitrogen and oxygen atoms in total. The Morgan fingerprint density at radius 1 is 1.36 bits per heavy atom. The first-order valence-electron chi connectivity index (χ1n) is 8.45. The van der Waals surface area contributed by atoms with E-state index in [0.29, 0.717) is 6.04 Å². The van der Waals surface area contributed by atoms with Gasteiger partial charge in [0.2, 0.25) is 0 Å². The molecule has 0 unspecified atom stereocenters. The molecule has 0 bridgehead atoms. The fourth-order valence-corrected chi connectivity index (χ4v) is 3.15. The molecular weight excluding hydrogens is 272 g/mol. The normalized spacial score (nSPS) is 19.7. The van der Waals surface area contributed by atoms with Gasteiger partial charge in [-0.2, -0.15) is 0 Å². The summed E-state index contributed by atoms with van der Waals surface area (Å²) in [4.78, 5) is 2.58. The van der Waals surface area contributed by atoms with Gasteiger partial charge in [0.1, 0.15) is 0 Å². The van der Waals surface area contributed by atoms with Crippen molar-refractivity contribution in [1.29, 1.82) is 0 Å². The van der Waals surface area contributed by atoms with Crippen LogP contribution in [-0.4, -0.2) is 50.8 Å². The Kier molecular flexibility index (Phi) is 7.64. The highest BCUT2D eigenvalue weighted by molar-refractivity contribution is 5.52. The summed E-state index contributed by atoms with van der Waals surface area (Å²) in [6.45, 7) is 7.54. The third kappa shape index (κ3) is 5.91. The quantitative estimate of drug-likeness (QED) is 0.709. The van der Waals surface area contributed by atoms with Gasteiger partial charge < -0.3 is 10.1 Å². The van der Waals surface area contributed by atoms with Gasteiger partial charge in [0.25, 0.3) is 0 Å². The first kappa shape index (κ1) is 17.2. The van der Waals surface area contributed by atoms with Crippen molar-refractivity contribution in [2.45, 2.75) is 32.2 Å². The number of ether oxygens (including phenoxy) is 1. The number of nitrogens with one attached hydrogen (secondary N) is 1. The van der Waals surface area contributed by atoms with E-state index in [1.165, 1.54) is 43.5 Å². The fourth-order valence-electron chi connectivity index (χ4n) is 3.15. The molecule has 0 amide bonds. The first-order valence-corrected chi connectivity index (χ1v) is 8.45.